The molecule has 0 fully saturated rings. The maximum absolute atomic E-state index is 13.1. The van der Waals surface area contributed by atoms with E-state index in [1.165, 1.54) is 30.6 Å². The highest BCUT2D eigenvalue weighted by atomic mass is 19.1. The van der Waals surface area contributed by atoms with Crippen molar-refractivity contribution in [1.82, 2.24) is 14.8 Å². The normalized spacial score (nSPS) is 15.3. The van der Waals surface area contributed by atoms with Gasteiger partial charge in [-0.15, -0.1) is 0 Å². The lowest BCUT2D eigenvalue weighted by Crippen LogP contribution is -2.40. The smallest absolute Gasteiger partial charge is 0.338 e. The molecule has 0 radical (unpaired) electrons. The van der Waals surface area contributed by atoms with Crippen molar-refractivity contribution in [2.75, 3.05) is 23.4 Å². The number of nitrogens with one attached hydrogen (secondary N) is 1. The minimum atomic E-state index is -0.538. The van der Waals surface area contributed by atoms with Crippen molar-refractivity contribution >= 4 is 23.5 Å². The average Bonchev–Trinajstić information content (AvgIpc) is 3.27. The van der Waals surface area contributed by atoms with Crippen molar-refractivity contribution in [3.05, 3.63) is 83.6 Å². The van der Waals surface area contributed by atoms with Crippen molar-refractivity contribution in [2.45, 2.75) is 19.9 Å². The van der Waals surface area contributed by atoms with Crippen molar-refractivity contribution < 1.29 is 18.7 Å². The molecule has 1 aliphatic heterocycles. The standard InChI is InChI=1S/C23H22FN5O3/c1-3-32-22(31)20-15(2)28(13-19(30)27-18-11-9-17(24)10-12-18)23-25-14-26-29(23)21(20)16-7-5-4-6-8-16/h4-12,14,21H,3,13H2,1-2H3,(H,27,30)/t21-/m1/s1. The molecular weight excluding hydrogens is 413 g/mol. The summed E-state index contributed by atoms with van der Waals surface area (Å²) >= 11 is 0. The molecule has 2 aromatic carbocycles. The second-order valence-corrected chi connectivity index (χ2v) is 7.18. The fraction of sp³-hybridized carbons (Fsp3) is 0.217. The van der Waals surface area contributed by atoms with Crippen LogP contribution in [0.25, 0.3) is 0 Å². The Morgan fingerprint density at radius 3 is 2.53 bits per heavy atom. The maximum atomic E-state index is 13.1. The number of anilines is 2. The number of hydrogen-bond donors (Lipinski definition) is 1. The molecule has 4 rings (SSSR count). The number of benzene rings is 2. The quantitative estimate of drug-likeness (QED) is 0.598. The maximum Gasteiger partial charge on any atom is 0.338 e. The lowest BCUT2D eigenvalue weighted by molar-refractivity contribution is -0.139. The molecule has 32 heavy (non-hydrogen) atoms. The van der Waals surface area contributed by atoms with Crippen molar-refractivity contribution in [2.24, 2.45) is 0 Å². The van der Waals surface area contributed by atoms with E-state index >= 15 is 0 Å². The molecule has 2 heterocycles. The average molecular weight is 435 g/mol. The van der Waals surface area contributed by atoms with Crippen molar-refractivity contribution in [3.63, 3.8) is 0 Å². The summed E-state index contributed by atoms with van der Waals surface area (Å²) < 4.78 is 20.1. The largest absolute Gasteiger partial charge is 0.463 e. The number of aromatic nitrogens is 3. The predicted molar refractivity (Wildman–Crippen MR) is 116 cm³/mol. The first-order valence-electron chi connectivity index (χ1n) is 10.1. The van der Waals surface area contributed by atoms with E-state index in [1.807, 2.05) is 30.3 Å². The summed E-state index contributed by atoms with van der Waals surface area (Å²) in [5.41, 5.74) is 2.24. The van der Waals surface area contributed by atoms with Crippen LogP contribution in [0, 0.1) is 5.82 Å². The molecule has 8 nitrogen and oxygen atoms in total. The minimum Gasteiger partial charge on any atom is -0.463 e. The zero-order chi connectivity index (χ0) is 22.7. The number of esters is 1. The third-order valence-corrected chi connectivity index (χ3v) is 5.15. The first-order valence-corrected chi connectivity index (χ1v) is 10.1. The number of hydrogen-bond acceptors (Lipinski definition) is 6. The van der Waals surface area contributed by atoms with Crippen LogP contribution in [-0.4, -0.2) is 39.8 Å². The highest BCUT2D eigenvalue weighted by Gasteiger charge is 2.38. The van der Waals surface area contributed by atoms with Crippen molar-refractivity contribution in [3.8, 4) is 0 Å². The second-order valence-electron chi connectivity index (χ2n) is 7.18. The van der Waals surface area contributed by atoms with Gasteiger partial charge >= 0.3 is 5.97 Å². The topological polar surface area (TPSA) is 89.3 Å². The van der Waals surface area contributed by atoms with Crippen LogP contribution in [0.4, 0.5) is 16.0 Å². The number of ether oxygens (including phenoxy) is 1. The van der Waals surface area contributed by atoms with E-state index in [2.05, 4.69) is 15.4 Å². The molecule has 3 aromatic rings. The van der Waals surface area contributed by atoms with Crippen LogP contribution in [0.5, 0.6) is 0 Å². The summed E-state index contributed by atoms with van der Waals surface area (Å²) in [5.74, 6) is -0.800. The first kappa shape index (κ1) is 21.2. The van der Waals surface area contributed by atoms with Gasteiger partial charge in [-0.3, -0.25) is 4.79 Å². The number of fused-ring (bicyclic) bond motifs is 1. The third kappa shape index (κ3) is 4.09. The molecule has 0 bridgehead atoms. The van der Waals surface area contributed by atoms with Crippen LogP contribution in [0.2, 0.25) is 0 Å². The Labute approximate surface area is 184 Å². The van der Waals surface area contributed by atoms with Gasteiger partial charge in [0.25, 0.3) is 0 Å². The number of rotatable bonds is 6. The predicted octanol–water partition coefficient (Wildman–Crippen LogP) is 3.30. The minimum absolute atomic E-state index is 0.119. The fourth-order valence-electron chi connectivity index (χ4n) is 3.71. The van der Waals surface area contributed by atoms with E-state index < -0.39 is 17.8 Å². The Morgan fingerprint density at radius 1 is 1.12 bits per heavy atom. The van der Waals surface area contributed by atoms with Crippen molar-refractivity contribution in [1.29, 1.82) is 0 Å². The molecular formula is C23H22FN5O3. The van der Waals surface area contributed by atoms with E-state index in [0.717, 1.165) is 5.56 Å². The molecule has 164 valence electrons. The summed E-state index contributed by atoms with van der Waals surface area (Å²) in [7, 11) is 0. The summed E-state index contributed by atoms with van der Waals surface area (Å²) in [6.45, 7) is 3.59. The Bertz CT molecular complexity index is 1160. The molecule has 0 spiro atoms. The van der Waals surface area contributed by atoms with Gasteiger partial charge in [-0.2, -0.15) is 10.1 Å². The Hall–Kier alpha value is -4.01. The molecule has 0 aliphatic carbocycles. The number of halogens is 1. The van der Waals surface area contributed by atoms with Gasteiger partial charge in [0.2, 0.25) is 11.9 Å². The Morgan fingerprint density at radius 2 is 1.84 bits per heavy atom. The SMILES string of the molecule is CCOC(=O)C1=C(C)N(CC(=O)Nc2ccc(F)cc2)c2ncnn2[C@@H]1c1ccccc1. The van der Waals surface area contributed by atoms with Gasteiger partial charge in [-0.05, 0) is 43.7 Å². The highest BCUT2D eigenvalue weighted by Crippen LogP contribution is 2.38. The van der Waals surface area contributed by atoms with E-state index in [9.17, 15) is 14.0 Å². The summed E-state index contributed by atoms with van der Waals surface area (Å²) in [6, 6.07) is 14.4. The summed E-state index contributed by atoms with van der Waals surface area (Å²) in [4.78, 5) is 31.7. The zero-order valence-electron chi connectivity index (χ0n) is 17.7. The molecule has 1 atom stereocenters. The molecule has 0 unspecified atom stereocenters. The fourth-order valence-corrected chi connectivity index (χ4v) is 3.71. The van der Waals surface area contributed by atoms with Gasteiger partial charge in [0.05, 0.1) is 12.2 Å². The molecule has 0 saturated heterocycles. The number of carbonyl (C=O) groups excluding carboxylic acids is 2. The van der Waals surface area contributed by atoms with E-state index in [-0.39, 0.29) is 19.1 Å². The van der Waals surface area contributed by atoms with Crippen LogP contribution in [0.3, 0.4) is 0 Å². The molecule has 1 aliphatic rings. The molecule has 1 aromatic heterocycles. The number of amides is 1. The van der Waals surface area contributed by atoms with E-state index in [4.69, 9.17) is 4.74 Å². The van der Waals surface area contributed by atoms with Crippen LogP contribution in [0.1, 0.15) is 25.5 Å². The monoisotopic (exact) mass is 435 g/mol. The second kappa shape index (κ2) is 9.01. The van der Waals surface area contributed by atoms with Gasteiger partial charge in [0.15, 0.2) is 0 Å². The van der Waals surface area contributed by atoms with E-state index in [1.54, 1.807) is 23.4 Å². The lowest BCUT2D eigenvalue weighted by atomic mass is 9.95. The number of carbonyl (C=O) groups is 2. The number of allylic oxidation sites excluding steroid dienone is 1. The van der Waals surface area contributed by atoms with Gasteiger partial charge in [-0.25, -0.2) is 13.9 Å². The molecule has 9 heteroatoms. The van der Waals surface area contributed by atoms with Gasteiger partial charge in [0.1, 0.15) is 24.7 Å². The highest BCUT2D eigenvalue weighted by molar-refractivity contribution is 5.96. The van der Waals surface area contributed by atoms with Gasteiger partial charge in [0, 0.05) is 11.4 Å². The molecule has 1 N–H and O–H groups in total. The van der Waals surface area contributed by atoms with Crippen LogP contribution >= 0.6 is 0 Å². The van der Waals surface area contributed by atoms with Gasteiger partial charge in [-0.1, -0.05) is 30.3 Å². The summed E-state index contributed by atoms with van der Waals surface area (Å²) in [6.07, 6.45) is 1.39. The third-order valence-electron chi connectivity index (χ3n) is 5.15. The van der Waals surface area contributed by atoms with Gasteiger partial charge < -0.3 is 15.0 Å². The summed E-state index contributed by atoms with van der Waals surface area (Å²) in [5, 5.41) is 7.07. The lowest BCUT2D eigenvalue weighted by Gasteiger charge is -2.35. The molecule has 0 saturated carbocycles. The van der Waals surface area contributed by atoms with Crippen LogP contribution < -0.4 is 10.2 Å². The molecule has 1 amide bonds. The van der Waals surface area contributed by atoms with Crippen LogP contribution in [0.15, 0.2) is 72.2 Å². The first-order chi connectivity index (χ1) is 15.5. The zero-order valence-corrected chi connectivity index (χ0v) is 17.7. The Balaban J connectivity index is 1.71. The van der Waals surface area contributed by atoms with E-state index in [0.29, 0.717) is 22.9 Å². The van der Waals surface area contributed by atoms with Crippen LogP contribution in [-0.2, 0) is 14.3 Å². The Kier molecular flexibility index (Phi) is 5.98. The number of nitrogens with zero attached hydrogens (tertiary/aromatic N) is 4.